The standard InChI is InChI=1S/C13H20N2O2/c1-10-3-5-11(6-4-10)13(16)15-12(9-14)7-8-17-2/h3-6,12H,7-9,14H2,1-2H3,(H,15,16). The van der Waals surface area contributed by atoms with Gasteiger partial charge in [-0.3, -0.25) is 4.79 Å². The first kappa shape index (κ1) is 13.7. The first-order valence-electron chi connectivity index (χ1n) is 5.74. The third kappa shape index (κ3) is 4.54. The summed E-state index contributed by atoms with van der Waals surface area (Å²) >= 11 is 0. The van der Waals surface area contributed by atoms with Crippen LogP contribution >= 0.6 is 0 Å². The van der Waals surface area contributed by atoms with Gasteiger partial charge >= 0.3 is 0 Å². The molecule has 0 saturated carbocycles. The van der Waals surface area contributed by atoms with E-state index in [9.17, 15) is 4.79 Å². The number of carbonyl (C=O) groups is 1. The minimum Gasteiger partial charge on any atom is -0.385 e. The van der Waals surface area contributed by atoms with E-state index in [0.29, 0.717) is 18.7 Å². The molecule has 0 radical (unpaired) electrons. The van der Waals surface area contributed by atoms with Crippen LogP contribution in [0, 0.1) is 6.92 Å². The Morgan fingerprint density at radius 2 is 2.06 bits per heavy atom. The summed E-state index contributed by atoms with van der Waals surface area (Å²) in [4.78, 5) is 11.9. The van der Waals surface area contributed by atoms with E-state index < -0.39 is 0 Å². The molecule has 0 aliphatic rings. The number of hydrogen-bond acceptors (Lipinski definition) is 3. The summed E-state index contributed by atoms with van der Waals surface area (Å²) in [7, 11) is 1.63. The van der Waals surface area contributed by atoms with Gasteiger partial charge in [0, 0.05) is 31.9 Å². The first-order valence-corrected chi connectivity index (χ1v) is 5.74. The molecule has 1 unspecified atom stereocenters. The largest absolute Gasteiger partial charge is 0.385 e. The number of hydrogen-bond donors (Lipinski definition) is 2. The van der Waals surface area contributed by atoms with Crippen LogP contribution in [0.25, 0.3) is 0 Å². The molecule has 1 aromatic rings. The summed E-state index contributed by atoms with van der Waals surface area (Å²) in [5, 5.41) is 2.89. The highest BCUT2D eigenvalue weighted by atomic mass is 16.5. The quantitative estimate of drug-likeness (QED) is 0.777. The van der Waals surface area contributed by atoms with E-state index in [1.807, 2.05) is 31.2 Å². The number of ether oxygens (including phenoxy) is 1. The molecule has 94 valence electrons. The van der Waals surface area contributed by atoms with Gasteiger partial charge in [0.05, 0.1) is 0 Å². The molecule has 1 aromatic carbocycles. The Bertz CT molecular complexity index is 349. The molecule has 1 rings (SSSR count). The van der Waals surface area contributed by atoms with E-state index in [1.165, 1.54) is 0 Å². The van der Waals surface area contributed by atoms with Gasteiger partial charge in [0.15, 0.2) is 0 Å². The number of methoxy groups -OCH3 is 1. The molecule has 0 aromatic heterocycles. The number of aryl methyl sites for hydroxylation is 1. The molecular formula is C13H20N2O2. The van der Waals surface area contributed by atoms with Gasteiger partial charge in [0.25, 0.3) is 5.91 Å². The lowest BCUT2D eigenvalue weighted by molar-refractivity contribution is 0.0926. The second-order valence-corrected chi connectivity index (χ2v) is 4.05. The van der Waals surface area contributed by atoms with Gasteiger partial charge in [-0.05, 0) is 25.5 Å². The average Bonchev–Trinajstić information content (AvgIpc) is 2.35. The zero-order valence-electron chi connectivity index (χ0n) is 10.4. The summed E-state index contributed by atoms with van der Waals surface area (Å²) in [6.45, 7) is 3.00. The van der Waals surface area contributed by atoms with Crippen LogP contribution in [0.4, 0.5) is 0 Å². The third-order valence-corrected chi connectivity index (χ3v) is 2.60. The smallest absolute Gasteiger partial charge is 0.251 e. The van der Waals surface area contributed by atoms with Crippen LogP contribution in [0.15, 0.2) is 24.3 Å². The SMILES string of the molecule is COCCC(CN)NC(=O)c1ccc(C)cc1. The molecule has 0 fully saturated rings. The van der Waals surface area contributed by atoms with Gasteiger partial charge in [-0.15, -0.1) is 0 Å². The highest BCUT2D eigenvalue weighted by molar-refractivity contribution is 5.94. The van der Waals surface area contributed by atoms with Gasteiger partial charge < -0.3 is 15.8 Å². The fourth-order valence-electron chi connectivity index (χ4n) is 1.48. The lowest BCUT2D eigenvalue weighted by Crippen LogP contribution is -2.40. The van der Waals surface area contributed by atoms with Crippen molar-refractivity contribution in [3.63, 3.8) is 0 Å². The molecule has 17 heavy (non-hydrogen) atoms. The highest BCUT2D eigenvalue weighted by Gasteiger charge is 2.11. The van der Waals surface area contributed by atoms with Gasteiger partial charge in [-0.2, -0.15) is 0 Å². The normalized spacial score (nSPS) is 12.2. The van der Waals surface area contributed by atoms with Crippen molar-refractivity contribution in [1.29, 1.82) is 0 Å². The van der Waals surface area contributed by atoms with Crippen molar-refractivity contribution in [2.45, 2.75) is 19.4 Å². The molecule has 0 bridgehead atoms. The van der Waals surface area contributed by atoms with Crippen molar-refractivity contribution in [2.75, 3.05) is 20.3 Å². The Morgan fingerprint density at radius 1 is 1.41 bits per heavy atom. The van der Waals surface area contributed by atoms with E-state index >= 15 is 0 Å². The van der Waals surface area contributed by atoms with Gasteiger partial charge in [-0.1, -0.05) is 17.7 Å². The van der Waals surface area contributed by atoms with E-state index in [0.717, 1.165) is 12.0 Å². The van der Waals surface area contributed by atoms with Gasteiger partial charge in [-0.25, -0.2) is 0 Å². The number of rotatable bonds is 6. The van der Waals surface area contributed by atoms with Crippen LogP contribution in [-0.2, 0) is 4.74 Å². The maximum absolute atomic E-state index is 11.9. The number of nitrogens with one attached hydrogen (secondary N) is 1. The fraction of sp³-hybridized carbons (Fsp3) is 0.462. The monoisotopic (exact) mass is 236 g/mol. The zero-order valence-corrected chi connectivity index (χ0v) is 10.4. The van der Waals surface area contributed by atoms with E-state index in [4.69, 9.17) is 10.5 Å². The molecule has 0 aliphatic carbocycles. The topological polar surface area (TPSA) is 64.3 Å². The third-order valence-electron chi connectivity index (χ3n) is 2.60. The molecular weight excluding hydrogens is 216 g/mol. The minimum atomic E-state index is -0.0865. The Hall–Kier alpha value is -1.39. The van der Waals surface area contributed by atoms with Crippen molar-refractivity contribution in [2.24, 2.45) is 5.73 Å². The van der Waals surface area contributed by atoms with Crippen LogP contribution in [0.5, 0.6) is 0 Å². The Morgan fingerprint density at radius 3 is 2.59 bits per heavy atom. The maximum atomic E-state index is 11.9. The summed E-state index contributed by atoms with van der Waals surface area (Å²) in [5.41, 5.74) is 7.39. The lowest BCUT2D eigenvalue weighted by atomic mass is 10.1. The number of nitrogens with two attached hydrogens (primary N) is 1. The lowest BCUT2D eigenvalue weighted by Gasteiger charge is -2.16. The summed E-state index contributed by atoms with van der Waals surface area (Å²) < 4.78 is 4.97. The average molecular weight is 236 g/mol. The Labute approximate surface area is 102 Å². The highest BCUT2D eigenvalue weighted by Crippen LogP contribution is 2.03. The molecule has 1 atom stereocenters. The predicted octanol–water partition coefficient (Wildman–Crippen LogP) is 1.09. The molecule has 0 heterocycles. The van der Waals surface area contributed by atoms with E-state index in [1.54, 1.807) is 7.11 Å². The molecule has 0 saturated heterocycles. The molecule has 1 amide bonds. The first-order chi connectivity index (χ1) is 8.17. The van der Waals surface area contributed by atoms with Crippen molar-refractivity contribution < 1.29 is 9.53 Å². The Balaban J connectivity index is 2.54. The van der Waals surface area contributed by atoms with Crippen molar-refractivity contribution in [1.82, 2.24) is 5.32 Å². The second-order valence-electron chi connectivity index (χ2n) is 4.05. The van der Waals surface area contributed by atoms with Crippen LogP contribution in [0.1, 0.15) is 22.3 Å². The zero-order chi connectivity index (χ0) is 12.7. The van der Waals surface area contributed by atoms with Gasteiger partial charge in [0.2, 0.25) is 0 Å². The Kier molecular flexibility index (Phi) is 5.66. The maximum Gasteiger partial charge on any atom is 0.251 e. The predicted molar refractivity (Wildman–Crippen MR) is 68.0 cm³/mol. The van der Waals surface area contributed by atoms with Gasteiger partial charge in [0.1, 0.15) is 0 Å². The minimum absolute atomic E-state index is 0.0382. The number of carbonyl (C=O) groups excluding carboxylic acids is 1. The molecule has 4 heteroatoms. The summed E-state index contributed by atoms with van der Waals surface area (Å²) in [6.07, 6.45) is 0.727. The van der Waals surface area contributed by atoms with Crippen molar-refractivity contribution in [3.8, 4) is 0 Å². The molecule has 0 spiro atoms. The van der Waals surface area contributed by atoms with E-state index in [-0.39, 0.29) is 11.9 Å². The summed E-state index contributed by atoms with van der Waals surface area (Å²) in [5.74, 6) is -0.0865. The van der Waals surface area contributed by atoms with Crippen LogP contribution in [0.3, 0.4) is 0 Å². The van der Waals surface area contributed by atoms with Crippen molar-refractivity contribution >= 4 is 5.91 Å². The molecule has 4 nitrogen and oxygen atoms in total. The second kappa shape index (κ2) is 7.04. The van der Waals surface area contributed by atoms with Crippen molar-refractivity contribution in [3.05, 3.63) is 35.4 Å². The van der Waals surface area contributed by atoms with Crippen LogP contribution < -0.4 is 11.1 Å². The van der Waals surface area contributed by atoms with Crippen LogP contribution in [0.2, 0.25) is 0 Å². The molecule has 0 aliphatic heterocycles. The molecule has 3 N–H and O–H groups in total. The number of benzene rings is 1. The summed E-state index contributed by atoms with van der Waals surface area (Å²) in [6, 6.07) is 7.43. The van der Waals surface area contributed by atoms with Crippen LogP contribution in [-0.4, -0.2) is 32.2 Å². The fourth-order valence-corrected chi connectivity index (χ4v) is 1.48. The van der Waals surface area contributed by atoms with E-state index in [2.05, 4.69) is 5.32 Å². The number of amides is 1.